The molecule has 1 amide bonds. The van der Waals surface area contributed by atoms with Gasteiger partial charge >= 0.3 is 0 Å². The number of hydrogen-bond donors (Lipinski definition) is 2. The molecule has 0 bridgehead atoms. The third-order valence-corrected chi connectivity index (χ3v) is 7.45. The van der Waals surface area contributed by atoms with Gasteiger partial charge in [0.2, 0.25) is 5.91 Å². The highest BCUT2D eigenvalue weighted by atomic mass is 16.6. The second-order valence-electron chi connectivity index (χ2n) is 9.29. The Morgan fingerprint density at radius 2 is 1.91 bits per heavy atom. The van der Waals surface area contributed by atoms with Crippen molar-refractivity contribution >= 4 is 5.91 Å². The van der Waals surface area contributed by atoms with Crippen molar-refractivity contribution in [1.82, 2.24) is 20.6 Å². The Morgan fingerprint density at radius 3 is 2.50 bits per heavy atom. The standard InChI is InChI=1S/C26H42N4O2/c1-6-11-21(24(7-2)20(3)32-27-4)18-23-19-28-25(31)26(23,22-12-9-8-10-13-22)30-16-14-29(5)15-17-30/h8-10,12-13,21,23,27H,6-7,11,14-19H2,1-5H3,(H,28,31)/b24-20+. The zero-order chi connectivity index (χ0) is 23.1. The van der Waals surface area contributed by atoms with Crippen LogP contribution in [0.15, 0.2) is 41.7 Å². The molecule has 3 rings (SSSR count). The second kappa shape index (κ2) is 11.3. The maximum atomic E-state index is 13.7. The van der Waals surface area contributed by atoms with Crippen LogP contribution >= 0.6 is 0 Å². The monoisotopic (exact) mass is 442 g/mol. The van der Waals surface area contributed by atoms with Crippen LogP contribution in [0.3, 0.4) is 0 Å². The van der Waals surface area contributed by atoms with Crippen LogP contribution in [0.1, 0.15) is 52.0 Å². The Kier molecular flexibility index (Phi) is 8.74. The second-order valence-corrected chi connectivity index (χ2v) is 9.29. The van der Waals surface area contributed by atoms with Gasteiger partial charge in [-0.2, -0.15) is 5.48 Å². The number of amides is 1. The van der Waals surface area contributed by atoms with Gasteiger partial charge in [0.1, 0.15) is 11.3 Å². The van der Waals surface area contributed by atoms with Crippen LogP contribution in [-0.2, 0) is 15.2 Å². The van der Waals surface area contributed by atoms with Crippen molar-refractivity contribution in [3.05, 3.63) is 47.2 Å². The third kappa shape index (κ3) is 4.87. The minimum Gasteiger partial charge on any atom is -0.414 e. The molecule has 2 heterocycles. The lowest BCUT2D eigenvalue weighted by molar-refractivity contribution is -0.134. The summed E-state index contributed by atoms with van der Waals surface area (Å²) in [5.41, 5.74) is 4.73. The van der Waals surface area contributed by atoms with Gasteiger partial charge in [-0.3, -0.25) is 9.69 Å². The first kappa shape index (κ1) is 24.7. The molecule has 2 saturated heterocycles. The van der Waals surface area contributed by atoms with Gasteiger partial charge in [-0.05, 0) is 50.3 Å². The maximum Gasteiger partial charge on any atom is 0.245 e. The minimum atomic E-state index is -0.606. The zero-order valence-corrected chi connectivity index (χ0v) is 20.6. The van der Waals surface area contributed by atoms with E-state index in [1.807, 2.05) is 6.07 Å². The van der Waals surface area contributed by atoms with Crippen LogP contribution in [0.2, 0.25) is 0 Å². The van der Waals surface area contributed by atoms with Crippen molar-refractivity contribution in [1.29, 1.82) is 0 Å². The summed E-state index contributed by atoms with van der Waals surface area (Å²) < 4.78 is 0. The number of benzene rings is 1. The van der Waals surface area contributed by atoms with Crippen LogP contribution in [0.25, 0.3) is 0 Å². The molecule has 0 spiro atoms. The number of nitrogens with zero attached hydrogens (tertiary/aromatic N) is 2. The quantitative estimate of drug-likeness (QED) is 0.429. The Morgan fingerprint density at radius 1 is 1.22 bits per heavy atom. The number of hydroxylamine groups is 1. The average molecular weight is 443 g/mol. The Hall–Kier alpha value is -1.89. The summed E-state index contributed by atoms with van der Waals surface area (Å²) >= 11 is 0. The summed E-state index contributed by atoms with van der Waals surface area (Å²) in [6.45, 7) is 11.0. The van der Waals surface area contributed by atoms with Gasteiger partial charge in [0, 0.05) is 45.7 Å². The molecular weight excluding hydrogens is 400 g/mol. The van der Waals surface area contributed by atoms with E-state index >= 15 is 0 Å². The van der Waals surface area contributed by atoms with Crippen LogP contribution in [-0.4, -0.2) is 62.5 Å². The molecule has 2 N–H and O–H groups in total. The van der Waals surface area contributed by atoms with E-state index in [0.717, 1.165) is 69.7 Å². The van der Waals surface area contributed by atoms with E-state index in [-0.39, 0.29) is 11.8 Å². The van der Waals surface area contributed by atoms with Crippen molar-refractivity contribution in [2.45, 2.75) is 52.0 Å². The number of carbonyl (C=O) groups is 1. The summed E-state index contributed by atoms with van der Waals surface area (Å²) in [6.07, 6.45) is 4.15. The van der Waals surface area contributed by atoms with Crippen LogP contribution in [0, 0.1) is 11.8 Å². The number of rotatable bonds is 10. The SMILES string of the molecule is CCCC(CC1CNC(=O)C1(c1ccccc1)N1CCN(C)CC1)/C(CC)=C(\C)ONC. The molecule has 6 heteroatoms. The molecule has 3 unspecified atom stereocenters. The highest BCUT2D eigenvalue weighted by molar-refractivity contribution is 5.90. The molecule has 0 aliphatic carbocycles. The normalized spacial score (nSPS) is 26.5. The minimum absolute atomic E-state index is 0.165. The van der Waals surface area contributed by atoms with Crippen molar-refractivity contribution in [3.63, 3.8) is 0 Å². The number of allylic oxidation sites excluding steroid dienone is 2. The van der Waals surface area contributed by atoms with E-state index in [0.29, 0.717) is 5.92 Å². The van der Waals surface area contributed by atoms with Gasteiger partial charge in [-0.1, -0.05) is 50.6 Å². The molecule has 2 aliphatic rings. The number of piperazine rings is 1. The Bertz CT molecular complexity index is 773. The number of hydrogen-bond acceptors (Lipinski definition) is 5. The smallest absolute Gasteiger partial charge is 0.245 e. The Labute approximate surface area is 194 Å². The third-order valence-electron chi connectivity index (χ3n) is 7.45. The molecule has 0 aromatic heterocycles. The van der Waals surface area contributed by atoms with Gasteiger partial charge in [-0.15, -0.1) is 0 Å². The molecule has 32 heavy (non-hydrogen) atoms. The zero-order valence-electron chi connectivity index (χ0n) is 20.6. The maximum absolute atomic E-state index is 13.7. The molecule has 2 fully saturated rings. The van der Waals surface area contributed by atoms with E-state index in [2.05, 4.69) is 72.7 Å². The largest absolute Gasteiger partial charge is 0.414 e. The highest BCUT2D eigenvalue weighted by Crippen LogP contribution is 2.45. The van der Waals surface area contributed by atoms with Gasteiger partial charge in [0.05, 0.1) is 0 Å². The molecule has 6 nitrogen and oxygen atoms in total. The van der Waals surface area contributed by atoms with Crippen LogP contribution in [0.4, 0.5) is 0 Å². The van der Waals surface area contributed by atoms with Crippen molar-refractivity contribution < 1.29 is 9.63 Å². The van der Waals surface area contributed by atoms with Crippen molar-refractivity contribution in [3.8, 4) is 0 Å². The topological polar surface area (TPSA) is 56.8 Å². The van der Waals surface area contributed by atoms with E-state index in [1.54, 1.807) is 7.05 Å². The molecule has 1 aromatic carbocycles. The Balaban J connectivity index is 2.02. The van der Waals surface area contributed by atoms with E-state index in [9.17, 15) is 4.79 Å². The molecule has 3 atom stereocenters. The fourth-order valence-corrected chi connectivity index (χ4v) is 5.91. The van der Waals surface area contributed by atoms with E-state index < -0.39 is 5.54 Å². The van der Waals surface area contributed by atoms with Gasteiger partial charge < -0.3 is 15.1 Å². The lowest BCUT2D eigenvalue weighted by Crippen LogP contribution is -2.60. The van der Waals surface area contributed by atoms with Crippen molar-refractivity contribution in [2.75, 3.05) is 46.8 Å². The summed E-state index contributed by atoms with van der Waals surface area (Å²) in [5.74, 6) is 1.74. The van der Waals surface area contributed by atoms with Crippen molar-refractivity contribution in [2.24, 2.45) is 11.8 Å². The summed E-state index contributed by atoms with van der Waals surface area (Å²) in [7, 11) is 3.97. The predicted octanol–water partition coefficient (Wildman–Crippen LogP) is 3.52. The highest BCUT2D eigenvalue weighted by Gasteiger charge is 2.56. The number of carbonyl (C=O) groups excluding carboxylic acids is 1. The fraction of sp³-hybridized carbons (Fsp3) is 0.654. The van der Waals surface area contributed by atoms with Crippen LogP contribution in [0.5, 0.6) is 0 Å². The summed E-state index contributed by atoms with van der Waals surface area (Å²) in [4.78, 5) is 24.2. The molecular formula is C26H42N4O2. The average Bonchev–Trinajstić information content (AvgIpc) is 3.12. The van der Waals surface area contributed by atoms with Gasteiger partial charge in [-0.25, -0.2) is 0 Å². The predicted molar refractivity (Wildman–Crippen MR) is 130 cm³/mol. The molecule has 1 aromatic rings. The molecule has 0 radical (unpaired) electrons. The van der Waals surface area contributed by atoms with E-state index in [1.165, 1.54) is 5.57 Å². The fourth-order valence-electron chi connectivity index (χ4n) is 5.91. The summed E-state index contributed by atoms with van der Waals surface area (Å²) in [5, 5.41) is 3.27. The van der Waals surface area contributed by atoms with Crippen LogP contribution < -0.4 is 10.8 Å². The van der Waals surface area contributed by atoms with Gasteiger partial charge in [0.15, 0.2) is 0 Å². The lowest BCUT2D eigenvalue weighted by Gasteiger charge is -2.47. The first-order valence-electron chi connectivity index (χ1n) is 12.3. The first-order chi connectivity index (χ1) is 15.5. The number of likely N-dealkylation sites (N-methyl/N-ethyl adjacent to an activating group) is 1. The van der Waals surface area contributed by atoms with Gasteiger partial charge in [0.25, 0.3) is 0 Å². The molecule has 178 valence electrons. The molecule has 2 aliphatic heterocycles. The van der Waals surface area contributed by atoms with E-state index in [4.69, 9.17) is 4.84 Å². The molecule has 0 saturated carbocycles. The number of nitrogens with one attached hydrogen (secondary N) is 2. The first-order valence-corrected chi connectivity index (χ1v) is 12.3. The summed E-state index contributed by atoms with van der Waals surface area (Å²) in [6, 6.07) is 10.5. The lowest BCUT2D eigenvalue weighted by atomic mass is 9.72.